The van der Waals surface area contributed by atoms with Gasteiger partial charge in [-0.3, -0.25) is 9.89 Å². The molecule has 17 heavy (non-hydrogen) atoms. The number of aromatic amines is 1. The molecule has 1 fully saturated rings. The van der Waals surface area contributed by atoms with Gasteiger partial charge in [0.1, 0.15) is 11.7 Å². The molecule has 2 rings (SSSR count). The predicted molar refractivity (Wildman–Crippen MR) is 56.4 cm³/mol. The summed E-state index contributed by atoms with van der Waals surface area (Å²) in [5.41, 5.74) is 0.892. The van der Waals surface area contributed by atoms with Crippen molar-refractivity contribution in [2.45, 2.75) is 25.5 Å². The van der Waals surface area contributed by atoms with Gasteiger partial charge in [0.15, 0.2) is 0 Å². The van der Waals surface area contributed by atoms with E-state index in [4.69, 9.17) is 5.11 Å². The van der Waals surface area contributed by atoms with Crippen molar-refractivity contribution < 1.29 is 19.8 Å². The Balaban J connectivity index is 2.21. The lowest BCUT2D eigenvalue weighted by atomic mass is 10.2. The smallest absolute Gasteiger partial charge is 0.326 e. The van der Waals surface area contributed by atoms with E-state index in [9.17, 15) is 14.7 Å². The van der Waals surface area contributed by atoms with Crippen LogP contribution < -0.4 is 0 Å². The predicted octanol–water partition coefficient (Wildman–Crippen LogP) is -0.622. The average Bonchev–Trinajstić information content (AvgIpc) is 2.83. The highest BCUT2D eigenvalue weighted by Crippen LogP contribution is 2.20. The van der Waals surface area contributed by atoms with Crippen LogP contribution in [0.25, 0.3) is 0 Å². The number of aliphatic carboxylic acids is 1. The number of likely N-dealkylation sites (tertiary alicyclic amines) is 1. The van der Waals surface area contributed by atoms with Gasteiger partial charge in [0.2, 0.25) is 0 Å². The summed E-state index contributed by atoms with van der Waals surface area (Å²) in [5, 5.41) is 24.8. The average molecular weight is 239 g/mol. The fraction of sp³-hybridized carbons (Fsp3) is 0.500. The second kappa shape index (κ2) is 4.17. The van der Waals surface area contributed by atoms with Crippen LogP contribution in [0.5, 0.6) is 0 Å². The summed E-state index contributed by atoms with van der Waals surface area (Å²) in [6.07, 6.45) is -0.732. The van der Waals surface area contributed by atoms with E-state index in [1.807, 2.05) is 0 Å². The summed E-state index contributed by atoms with van der Waals surface area (Å²) in [5.74, 6) is -1.58. The van der Waals surface area contributed by atoms with Crippen LogP contribution in [0.3, 0.4) is 0 Å². The molecule has 2 heterocycles. The number of β-amino-alcohol motifs (C(OH)–C–C–N with tert-alkyl or cyclic N) is 1. The van der Waals surface area contributed by atoms with Crippen molar-refractivity contribution in [3.05, 3.63) is 17.5 Å². The van der Waals surface area contributed by atoms with Crippen LogP contribution in [0, 0.1) is 6.92 Å². The van der Waals surface area contributed by atoms with Gasteiger partial charge in [-0.25, -0.2) is 4.79 Å². The number of aliphatic hydroxyl groups excluding tert-OH is 1. The minimum absolute atomic E-state index is 0.0295. The van der Waals surface area contributed by atoms with E-state index < -0.39 is 24.0 Å². The number of rotatable bonds is 2. The minimum atomic E-state index is -1.11. The summed E-state index contributed by atoms with van der Waals surface area (Å²) >= 11 is 0. The van der Waals surface area contributed by atoms with E-state index in [1.54, 1.807) is 13.0 Å². The Morgan fingerprint density at radius 2 is 2.29 bits per heavy atom. The van der Waals surface area contributed by atoms with Gasteiger partial charge in [0.05, 0.1) is 6.10 Å². The molecule has 0 spiro atoms. The van der Waals surface area contributed by atoms with Crippen molar-refractivity contribution >= 4 is 11.9 Å². The minimum Gasteiger partial charge on any atom is -0.480 e. The van der Waals surface area contributed by atoms with Crippen LogP contribution in [-0.2, 0) is 4.79 Å². The molecule has 92 valence electrons. The molecule has 1 aliphatic heterocycles. The number of nitrogens with zero attached hydrogens (tertiary/aromatic N) is 2. The molecule has 0 bridgehead atoms. The molecule has 0 unspecified atom stereocenters. The number of aliphatic hydroxyl groups is 1. The SMILES string of the molecule is Cc1cc(C(=O)N2C[C@H](O)C[C@@H]2C(=O)O)n[nH]1. The van der Waals surface area contributed by atoms with Gasteiger partial charge in [-0.1, -0.05) is 0 Å². The molecule has 0 radical (unpaired) electrons. The van der Waals surface area contributed by atoms with Crippen molar-refractivity contribution in [3.63, 3.8) is 0 Å². The number of aromatic nitrogens is 2. The number of carbonyl (C=O) groups excluding carboxylic acids is 1. The van der Waals surface area contributed by atoms with Gasteiger partial charge in [-0.05, 0) is 13.0 Å². The Morgan fingerprint density at radius 1 is 1.59 bits per heavy atom. The van der Waals surface area contributed by atoms with E-state index in [1.165, 1.54) is 0 Å². The largest absolute Gasteiger partial charge is 0.480 e. The molecule has 0 saturated carbocycles. The second-order valence-electron chi connectivity index (χ2n) is 4.14. The first kappa shape index (κ1) is 11.6. The monoisotopic (exact) mass is 239 g/mol. The van der Waals surface area contributed by atoms with E-state index in [-0.39, 0.29) is 18.7 Å². The molecule has 2 atom stereocenters. The van der Waals surface area contributed by atoms with Gasteiger partial charge in [-0.15, -0.1) is 0 Å². The van der Waals surface area contributed by atoms with Gasteiger partial charge >= 0.3 is 5.97 Å². The third kappa shape index (κ3) is 2.14. The van der Waals surface area contributed by atoms with Crippen LogP contribution in [0.1, 0.15) is 22.6 Å². The molecule has 1 aromatic rings. The van der Waals surface area contributed by atoms with Gasteiger partial charge in [-0.2, -0.15) is 5.10 Å². The fourth-order valence-corrected chi connectivity index (χ4v) is 1.95. The van der Waals surface area contributed by atoms with Crippen molar-refractivity contribution in [2.24, 2.45) is 0 Å². The van der Waals surface area contributed by atoms with Crippen molar-refractivity contribution in [3.8, 4) is 0 Å². The molecule has 1 aromatic heterocycles. The molecule has 0 aromatic carbocycles. The normalized spacial score (nSPS) is 24.0. The molecule has 1 amide bonds. The molecule has 3 N–H and O–H groups in total. The van der Waals surface area contributed by atoms with Crippen LogP contribution in [0.4, 0.5) is 0 Å². The lowest BCUT2D eigenvalue weighted by Crippen LogP contribution is -2.40. The Hall–Kier alpha value is -1.89. The number of carboxylic acid groups (broad SMARTS) is 1. The number of hydrogen-bond donors (Lipinski definition) is 3. The molecule has 0 aliphatic carbocycles. The van der Waals surface area contributed by atoms with Gasteiger partial charge < -0.3 is 15.1 Å². The van der Waals surface area contributed by atoms with Crippen LogP contribution in [0.2, 0.25) is 0 Å². The fourth-order valence-electron chi connectivity index (χ4n) is 1.95. The summed E-state index contributed by atoms with van der Waals surface area (Å²) in [4.78, 5) is 24.1. The Labute approximate surface area is 97.0 Å². The molecular formula is C10H13N3O4. The molecule has 7 nitrogen and oxygen atoms in total. The Kier molecular flexibility index (Phi) is 2.84. The van der Waals surface area contributed by atoms with Crippen molar-refractivity contribution in [1.82, 2.24) is 15.1 Å². The lowest BCUT2D eigenvalue weighted by Gasteiger charge is -2.19. The van der Waals surface area contributed by atoms with Crippen LogP contribution >= 0.6 is 0 Å². The third-order valence-corrected chi connectivity index (χ3v) is 2.75. The second-order valence-corrected chi connectivity index (χ2v) is 4.14. The number of carboxylic acids is 1. The zero-order chi connectivity index (χ0) is 12.6. The third-order valence-electron chi connectivity index (χ3n) is 2.75. The van der Waals surface area contributed by atoms with Gasteiger partial charge in [0.25, 0.3) is 5.91 Å². The number of H-pyrrole nitrogens is 1. The summed E-state index contributed by atoms with van der Waals surface area (Å²) in [6, 6.07) is 0.570. The summed E-state index contributed by atoms with van der Waals surface area (Å²) in [6.45, 7) is 1.78. The maximum atomic E-state index is 12.0. The highest BCUT2D eigenvalue weighted by atomic mass is 16.4. The number of amides is 1. The van der Waals surface area contributed by atoms with Crippen LogP contribution in [0.15, 0.2) is 6.07 Å². The zero-order valence-corrected chi connectivity index (χ0v) is 9.25. The molecular weight excluding hydrogens is 226 g/mol. The maximum Gasteiger partial charge on any atom is 0.326 e. The first-order valence-corrected chi connectivity index (χ1v) is 5.23. The van der Waals surface area contributed by atoms with E-state index >= 15 is 0 Å². The van der Waals surface area contributed by atoms with Crippen LogP contribution in [-0.4, -0.2) is 55.9 Å². The standard InChI is InChI=1S/C10H13N3O4/c1-5-2-7(12-11-5)9(15)13-4-6(14)3-8(13)10(16)17/h2,6,8,14H,3-4H2,1H3,(H,11,12)(H,16,17)/t6-,8-/m1/s1. The first-order chi connectivity index (χ1) is 7.99. The topological polar surface area (TPSA) is 107 Å². The molecule has 7 heteroatoms. The summed E-state index contributed by atoms with van der Waals surface area (Å²) < 4.78 is 0. The van der Waals surface area contributed by atoms with Crippen molar-refractivity contribution in [1.29, 1.82) is 0 Å². The molecule has 1 saturated heterocycles. The highest BCUT2D eigenvalue weighted by molar-refractivity contribution is 5.95. The van der Waals surface area contributed by atoms with E-state index in [2.05, 4.69) is 10.2 Å². The number of nitrogens with one attached hydrogen (secondary N) is 1. The van der Waals surface area contributed by atoms with E-state index in [0.717, 1.165) is 10.6 Å². The number of aryl methyl sites for hydroxylation is 1. The van der Waals surface area contributed by atoms with Gasteiger partial charge in [0, 0.05) is 18.7 Å². The first-order valence-electron chi connectivity index (χ1n) is 5.23. The van der Waals surface area contributed by atoms with Crippen molar-refractivity contribution in [2.75, 3.05) is 6.54 Å². The Morgan fingerprint density at radius 3 is 2.82 bits per heavy atom. The Bertz CT molecular complexity index is 456. The lowest BCUT2D eigenvalue weighted by molar-refractivity contribution is -0.141. The van der Waals surface area contributed by atoms with E-state index in [0.29, 0.717) is 0 Å². The number of carbonyl (C=O) groups is 2. The summed E-state index contributed by atoms with van der Waals surface area (Å²) in [7, 11) is 0. The zero-order valence-electron chi connectivity index (χ0n) is 9.25. The quantitative estimate of drug-likeness (QED) is 0.637. The number of hydrogen-bond acceptors (Lipinski definition) is 4. The molecule has 1 aliphatic rings. The maximum absolute atomic E-state index is 12.0. The highest BCUT2D eigenvalue weighted by Gasteiger charge is 2.39.